The number of carbonyl (C=O) groups is 1. The van der Waals surface area contributed by atoms with Crippen LogP contribution < -0.4 is 16.0 Å². The predicted molar refractivity (Wildman–Crippen MR) is 138 cm³/mol. The molecule has 2 fully saturated rings. The molecule has 2 aliphatic rings. The van der Waals surface area contributed by atoms with Crippen molar-refractivity contribution in [3.63, 3.8) is 0 Å². The Labute approximate surface area is 212 Å². The number of rotatable bonds is 6. The van der Waals surface area contributed by atoms with Crippen molar-refractivity contribution in [3.8, 4) is 0 Å². The quantitative estimate of drug-likeness (QED) is 0.303. The van der Waals surface area contributed by atoms with E-state index in [1.165, 1.54) is 22.5 Å². The molecule has 0 bridgehead atoms. The lowest BCUT2D eigenvalue weighted by atomic mass is 10.0. The number of piperidine rings is 1. The maximum atomic E-state index is 14.1. The number of nitrogens with two attached hydrogens (primary N) is 1. The Hall–Kier alpha value is -2.98. The summed E-state index contributed by atoms with van der Waals surface area (Å²) in [6.07, 6.45) is 7.06. The topological polar surface area (TPSA) is 120 Å². The number of nitrogens with zero attached hydrogens (tertiary/aromatic N) is 2. The molecule has 4 rings (SSSR count). The number of hydrogen-bond acceptors (Lipinski definition) is 4. The Balaban J connectivity index is 1.47. The van der Waals surface area contributed by atoms with Crippen LogP contribution in [0.25, 0.3) is 0 Å². The van der Waals surface area contributed by atoms with E-state index in [4.69, 9.17) is 11.1 Å². The number of nitrogens with one attached hydrogen (secondary N) is 2. The highest BCUT2D eigenvalue weighted by molar-refractivity contribution is 7.89. The van der Waals surface area contributed by atoms with Crippen molar-refractivity contribution in [2.24, 2.45) is 5.73 Å². The maximum absolute atomic E-state index is 14.1. The van der Waals surface area contributed by atoms with Gasteiger partial charge in [-0.2, -0.15) is 4.31 Å². The third kappa shape index (κ3) is 5.87. The summed E-state index contributed by atoms with van der Waals surface area (Å²) in [5.41, 5.74) is 6.96. The minimum Gasteiger partial charge on any atom is -0.384 e. The molecule has 1 saturated heterocycles. The first-order chi connectivity index (χ1) is 17.3. The van der Waals surface area contributed by atoms with Crippen LogP contribution in [-0.4, -0.2) is 49.8 Å². The van der Waals surface area contributed by atoms with Gasteiger partial charge >= 0.3 is 6.03 Å². The number of nitrogen functional groups attached to an aromatic ring is 1. The van der Waals surface area contributed by atoms with Crippen LogP contribution in [0.5, 0.6) is 0 Å². The average Bonchev–Trinajstić information content (AvgIpc) is 3.14. The highest BCUT2D eigenvalue weighted by Crippen LogP contribution is 2.28. The molecule has 0 unspecified atom stereocenters. The van der Waals surface area contributed by atoms with Crippen LogP contribution >= 0.6 is 0 Å². The molecule has 2 aromatic carbocycles. The molecule has 1 heterocycles. The lowest BCUT2D eigenvalue weighted by Crippen LogP contribution is -2.52. The van der Waals surface area contributed by atoms with Crippen LogP contribution in [-0.2, 0) is 10.0 Å². The summed E-state index contributed by atoms with van der Waals surface area (Å²) < 4.78 is 41.3. The van der Waals surface area contributed by atoms with Crippen LogP contribution in [0.1, 0.15) is 56.9 Å². The summed E-state index contributed by atoms with van der Waals surface area (Å²) >= 11 is 0. The fraction of sp³-hybridized carbons (Fsp3) is 0.462. The zero-order valence-corrected chi connectivity index (χ0v) is 21.1. The van der Waals surface area contributed by atoms with E-state index in [2.05, 4.69) is 5.32 Å². The van der Waals surface area contributed by atoms with Crippen LogP contribution in [0, 0.1) is 11.2 Å². The Kier molecular flexibility index (Phi) is 8.25. The van der Waals surface area contributed by atoms with Gasteiger partial charge in [0.05, 0.1) is 0 Å². The Morgan fingerprint density at radius 3 is 2.31 bits per heavy atom. The number of amides is 2. The number of anilines is 1. The highest BCUT2D eigenvalue weighted by atomic mass is 32.2. The van der Waals surface area contributed by atoms with Gasteiger partial charge < -0.3 is 11.1 Å². The van der Waals surface area contributed by atoms with Gasteiger partial charge in [0.15, 0.2) is 0 Å². The second kappa shape index (κ2) is 11.4. The van der Waals surface area contributed by atoms with Gasteiger partial charge in [0.2, 0.25) is 10.0 Å². The number of benzene rings is 2. The first-order valence-electron chi connectivity index (χ1n) is 12.6. The van der Waals surface area contributed by atoms with Crippen molar-refractivity contribution in [3.05, 3.63) is 59.9 Å². The highest BCUT2D eigenvalue weighted by Gasteiger charge is 2.33. The number of halogens is 1. The SMILES string of the molecule is N=C(N)c1cccc(N(C(=O)NC2CCN(S(=O)(=O)c3ccccc3F)CC2)C2CCCCCC2)c1. The Morgan fingerprint density at radius 2 is 1.67 bits per heavy atom. The van der Waals surface area contributed by atoms with Crippen molar-refractivity contribution < 1.29 is 17.6 Å². The van der Waals surface area contributed by atoms with E-state index in [0.717, 1.165) is 44.6 Å². The second-order valence-electron chi connectivity index (χ2n) is 9.54. The minimum absolute atomic E-state index is 0.0382. The maximum Gasteiger partial charge on any atom is 0.322 e. The smallest absolute Gasteiger partial charge is 0.322 e. The molecule has 4 N–H and O–H groups in total. The molecule has 36 heavy (non-hydrogen) atoms. The molecule has 1 aliphatic carbocycles. The summed E-state index contributed by atoms with van der Waals surface area (Å²) in [5, 5.41) is 10.9. The lowest BCUT2D eigenvalue weighted by molar-refractivity contribution is 0.230. The Morgan fingerprint density at radius 1 is 1.00 bits per heavy atom. The van der Waals surface area contributed by atoms with Gasteiger partial charge in [0, 0.05) is 36.4 Å². The standard InChI is InChI=1S/C26H34FN5O3S/c27-23-12-5-6-13-24(23)36(34,35)31-16-14-20(15-17-31)30-26(33)32(21-9-3-1-2-4-10-21)22-11-7-8-19(18-22)25(28)29/h5-8,11-13,18,20-21H,1-4,9-10,14-17H2,(H3,28,29)(H,30,33). The number of urea groups is 1. The van der Waals surface area contributed by atoms with Gasteiger partial charge in [-0.15, -0.1) is 0 Å². The monoisotopic (exact) mass is 515 g/mol. The van der Waals surface area contributed by atoms with Crippen molar-refractivity contribution in [2.45, 2.75) is 68.3 Å². The van der Waals surface area contributed by atoms with Crippen molar-refractivity contribution in [1.29, 1.82) is 5.41 Å². The summed E-state index contributed by atoms with van der Waals surface area (Å²) in [4.78, 5) is 15.1. The first-order valence-corrected chi connectivity index (χ1v) is 14.0. The number of hydrogen-bond donors (Lipinski definition) is 3. The summed E-state index contributed by atoms with van der Waals surface area (Å²) in [7, 11) is -3.93. The molecular weight excluding hydrogens is 481 g/mol. The average molecular weight is 516 g/mol. The van der Waals surface area contributed by atoms with E-state index >= 15 is 0 Å². The van der Waals surface area contributed by atoms with Crippen LogP contribution in [0.15, 0.2) is 53.4 Å². The molecule has 0 spiro atoms. The van der Waals surface area contributed by atoms with Gasteiger partial charge in [0.25, 0.3) is 0 Å². The normalized spacial score (nSPS) is 18.4. The van der Waals surface area contributed by atoms with E-state index in [-0.39, 0.29) is 41.9 Å². The van der Waals surface area contributed by atoms with E-state index < -0.39 is 15.8 Å². The molecule has 10 heteroatoms. The predicted octanol–water partition coefficient (Wildman–Crippen LogP) is 4.20. The zero-order chi connectivity index (χ0) is 25.7. The molecule has 0 radical (unpaired) electrons. The molecule has 1 aliphatic heterocycles. The fourth-order valence-electron chi connectivity index (χ4n) is 5.11. The van der Waals surface area contributed by atoms with E-state index in [1.54, 1.807) is 23.1 Å². The molecular formula is C26H34FN5O3S. The molecule has 0 atom stereocenters. The summed E-state index contributed by atoms with van der Waals surface area (Å²) in [6, 6.07) is 12.2. The number of carbonyl (C=O) groups excluding carboxylic acids is 1. The van der Waals surface area contributed by atoms with Gasteiger partial charge in [-0.25, -0.2) is 17.6 Å². The first kappa shape index (κ1) is 26.1. The zero-order valence-electron chi connectivity index (χ0n) is 20.3. The Bertz CT molecular complexity index is 1190. The largest absolute Gasteiger partial charge is 0.384 e. The van der Waals surface area contributed by atoms with Crippen molar-refractivity contribution in [2.75, 3.05) is 18.0 Å². The molecule has 194 valence electrons. The second-order valence-corrected chi connectivity index (χ2v) is 11.4. The van der Waals surface area contributed by atoms with Crippen LogP contribution in [0.3, 0.4) is 0 Å². The summed E-state index contributed by atoms with van der Waals surface area (Å²) in [5.74, 6) is -0.818. The van der Waals surface area contributed by atoms with Gasteiger partial charge in [0.1, 0.15) is 16.5 Å². The van der Waals surface area contributed by atoms with Crippen LogP contribution in [0.4, 0.5) is 14.9 Å². The molecule has 0 aromatic heterocycles. The van der Waals surface area contributed by atoms with Gasteiger partial charge in [-0.3, -0.25) is 10.3 Å². The minimum atomic E-state index is -3.93. The number of sulfonamides is 1. The lowest BCUT2D eigenvalue weighted by Gasteiger charge is -2.36. The van der Waals surface area contributed by atoms with Gasteiger partial charge in [-0.1, -0.05) is 49.9 Å². The van der Waals surface area contributed by atoms with E-state index in [9.17, 15) is 17.6 Å². The molecule has 2 amide bonds. The fourth-order valence-corrected chi connectivity index (χ4v) is 6.65. The molecule has 2 aromatic rings. The third-order valence-corrected chi connectivity index (χ3v) is 9.01. The third-order valence-electron chi connectivity index (χ3n) is 7.08. The van der Waals surface area contributed by atoms with E-state index in [1.807, 2.05) is 6.07 Å². The molecule has 8 nitrogen and oxygen atoms in total. The van der Waals surface area contributed by atoms with Crippen molar-refractivity contribution in [1.82, 2.24) is 9.62 Å². The summed E-state index contributed by atoms with van der Waals surface area (Å²) in [6.45, 7) is 0.399. The molecule has 1 saturated carbocycles. The van der Waals surface area contributed by atoms with Crippen LogP contribution in [0.2, 0.25) is 0 Å². The number of amidine groups is 1. The van der Waals surface area contributed by atoms with Gasteiger partial charge in [-0.05, 0) is 49.9 Å². The van der Waals surface area contributed by atoms with Crippen molar-refractivity contribution >= 4 is 27.6 Å². The van der Waals surface area contributed by atoms with E-state index in [0.29, 0.717) is 24.1 Å².